The van der Waals surface area contributed by atoms with E-state index in [1.807, 2.05) is 22.9 Å². The molecule has 0 radical (unpaired) electrons. The fourth-order valence-corrected chi connectivity index (χ4v) is 3.15. The van der Waals surface area contributed by atoms with E-state index in [4.69, 9.17) is 4.74 Å². The van der Waals surface area contributed by atoms with Crippen LogP contribution in [-0.4, -0.2) is 73.7 Å². The van der Waals surface area contributed by atoms with Gasteiger partial charge in [-0.2, -0.15) is 0 Å². The fraction of sp³-hybridized carbons (Fsp3) is 0.588. The molecule has 120 valence electrons. The SMILES string of the molecule is CN1CCN(C(=O)N(C)C[C@@H]2Cc3ccccc3CO2)CC1. The molecular weight excluding hydrogens is 278 g/mol. The van der Waals surface area contributed by atoms with Gasteiger partial charge in [0.05, 0.1) is 12.7 Å². The summed E-state index contributed by atoms with van der Waals surface area (Å²) in [5.41, 5.74) is 2.62. The van der Waals surface area contributed by atoms with Gasteiger partial charge in [-0.15, -0.1) is 0 Å². The van der Waals surface area contributed by atoms with E-state index in [1.165, 1.54) is 11.1 Å². The highest BCUT2D eigenvalue weighted by Gasteiger charge is 2.26. The minimum atomic E-state index is 0.0938. The van der Waals surface area contributed by atoms with E-state index < -0.39 is 0 Å². The van der Waals surface area contributed by atoms with Gasteiger partial charge in [0.1, 0.15) is 0 Å². The zero-order chi connectivity index (χ0) is 15.5. The van der Waals surface area contributed by atoms with Crippen molar-refractivity contribution in [3.8, 4) is 0 Å². The monoisotopic (exact) mass is 303 g/mol. The van der Waals surface area contributed by atoms with Crippen LogP contribution < -0.4 is 0 Å². The molecule has 2 amide bonds. The number of carbonyl (C=O) groups is 1. The summed E-state index contributed by atoms with van der Waals surface area (Å²) in [6, 6.07) is 8.51. The van der Waals surface area contributed by atoms with Crippen LogP contribution in [0.15, 0.2) is 24.3 Å². The third kappa shape index (κ3) is 3.42. The second-order valence-corrected chi connectivity index (χ2v) is 6.36. The minimum Gasteiger partial charge on any atom is -0.371 e. The second-order valence-electron chi connectivity index (χ2n) is 6.36. The Labute approximate surface area is 132 Å². The number of hydrogen-bond acceptors (Lipinski definition) is 3. The van der Waals surface area contributed by atoms with Crippen LogP contribution in [-0.2, 0) is 17.8 Å². The number of likely N-dealkylation sites (N-methyl/N-ethyl adjacent to an activating group) is 2. The van der Waals surface area contributed by atoms with Gasteiger partial charge >= 0.3 is 6.03 Å². The summed E-state index contributed by atoms with van der Waals surface area (Å²) in [4.78, 5) is 18.5. The van der Waals surface area contributed by atoms with Gasteiger partial charge in [0.2, 0.25) is 0 Å². The number of benzene rings is 1. The van der Waals surface area contributed by atoms with E-state index in [9.17, 15) is 4.79 Å². The first-order chi connectivity index (χ1) is 10.6. The van der Waals surface area contributed by atoms with Crippen molar-refractivity contribution >= 4 is 6.03 Å². The lowest BCUT2D eigenvalue weighted by Crippen LogP contribution is -2.52. The van der Waals surface area contributed by atoms with E-state index in [0.717, 1.165) is 32.6 Å². The Kier molecular flexibility index (Phi) is 4.64. The molecule has 3 rings (SSSR count). The van der Waals surface area contributed by atoms with Gasteiger partial charge in [-0.25, -0.2) is 4.79 Å². The van der Waals surface area contributed by atoms with Gasteiger partial charge in [0.25, 0.3) is 0 Å². The van der Waals surface area contributed by atoms with Crippen LogP contribution in [0.3, 0.4) is 0 Å². The molecule has 5 heteroatoms. The van der Waals surface area contributed by atoms with Gasteiger partial charge in [-0.1, -0.05) is 24.3 Å². The lowest BCUT2D eigenvalue weighted by molar-refractivity contribution is 0.0115. The highest BCUT2D eigenvalue weighted by atomic mass is 16.5. The molecular formula is C17H25N3O2. The molecule has 0 N–H and O–H groups in total. The van der Waals surface area contributed by atoms with E-state index >= 15 is 0 Å². The standard InChI is InChI=1S/C17H25N3O2/c1-18-7-9-20(10-8-18)17(21)19(2)12-16-11-14-5-3-4-6-15(14)13-22-16/h3-6,16H,7-13H2,1-2H3/t16-/m0/s1. The predicted octanol–water partition coefficient (Wildman–Crippen LogP) is 1.43. The largest absolute Gasteiger partial charge is 0.371 e. The third-order valence-corrected chi connectivity index (χ3v) is 4.62. The number of nitrogens with zero attached hydrogens (tertiary/aromatic N) is 3. The Bertz CT molecular complexity index is 526. The van der Waals surface area contributed by atoms with Gasteiger partial charge in [0.15, 0.2) is 0 Å². The Morgan fingerprint density at radius 2 is 1.91 bits per heavy atom. The van der Waals surface area contributed by atoms with E-state index in [-0.39, 0.29) is 12.1 Å². The lowest BCUT2D eigenvalue weighted by atomic mass is 9.99. The van der Waals surface area contributed by atoms with Crippen molar-refractivity contribution in [1.29, 1.82) is 0 Å². The summed E-state index contributed by atoms with van der Waals surface area (Å²) in [6.45, 7) is 4.83. The normalized spacial score (nSPS) is 22.3. The summed E-state index contributed by atoms with van der Waals surface area (Å²) >= 11 is 0. The molecule has 2 aliphatic rings. The summed E-state index contributed by atoms with van der Waals surface area (Å²) in [5, 5.41) is 0. The van der Waals surface area contributed by atoms with Crippen LogP contribution in [0.2, 0.25) is 0 Å². The maximum atomic E-state index is 12.5. The first-order valence-electron chi connectivity index (χ1n) is 8.00. The van der Waals surface area contributed by atoms with Crippen LogP contribution >= 0.6 is 0 Å². The quantitative estimate of drug-likeness (QED) is 0.829. The number of urea groups is 1. The van der Waals surface area contributed by atoms with Crippen molar-refractivity contribution in [2.24, 2.45) is 0 Å². The molecule has 1 saturated heterocycles. The smallest absolute Gasteiger partial charge is 0.319 e. The van der Waals surface area contributed by atoms with Crippen LogP contribution in [0.1, 0.15) is 11.1 Å². The molecule has 5 nitrogen and oxygen atoms in total. The van der Waals surface area contributed by atoms with Crippen molar-refractivity contribution in [1.82, 2.24) is 14.7 Å². The Hall–Kier alpha value is -1.59. The van der Waals surface area contributed by atoms with Gasteiger partial charge in [-0.05, 0) is 18.2 Å². The van der Waals surface area contributed by atoms with Crippen molar-refractivity contribution in [2.75, 3.05) is 46.8 Å². The number of piperazine rings is 1. The number of amides is 2. The molecule has 1 aromatic rings. The molecule has 1 aromatic carbocycles. The molecule has 1 atom stereocenters. The van der Waals surface area contributed by atoms with Crippen molar-refractivity contribution in [3.63, 3.8) is 0 Å². The highest BCUT2D eigenvalue weighted by Crippen LogP contribution is 2.21. The first kappa shape index (κ1) is 15.3. The summed E-state index contributed by atoms with van der Waals surface area (Å²) in [7, 11) is 3.98. The van der Waals surface area contributed by atoms with Crippen LogP contribution in [0.4, 0.5) is 4.79 Å². The minimum absolute atomic E-state index is 0.0938. The molecule has 0 unspecified atom stereocenters. The molecule has 2 heterocycles. The molecule has 0 aromatic heterocycles. The van der Waals surface area contributed by atoms with Crippen LogP contribution in [0.5, 0.6) is 0 Å². The van der Waals surface area contributed by atoms with E-state index in [1.54, 1.807) is 0 Å². The number of ether oxygens (including phenoxy) is 1. The average molecular weight is 303 g/mol. The molecule has 22 heavy (non-hydrogen) atoms. The van der Waals surface area contributed by atoms with Crippen LogP contribution in [0, 0.1) is 0 Å². The number of hydrogen-bond donors (Lipinski definition) is 0. The average Bonchev–Trinajstić information content (AvgIpc) is 2.55. The highest BCUT2D eigenvalue weighted by molar-refractivity contribution is 5.74. The Morgan fingerprint density at radius 1 is 1.23 bits per heavy atom. The lowest BCUT2D eigenvalue weighted by Gasteiger charge is -2.36. The number of carbonyl (C=O) groups excluding carboxylic acids is 1. The number of fused-ring (bicyclic) bond motifs is 1. The Morgan fingerprint density at radius 3 is 2.64 bits per heavy atom. The van der Waals surface area contributed by atoms with Gasteiger partial charge in [0, 0.05) is 46.2 Å². The van der Waals surface area contributed by atoms with Crippen molar-refractivity contribution in [3.05, 3.63) is 35.4 Å². The second kappa shape index (κ2) is 6.67. The third-order valence-electron chi connectivity index (χ3n) is 4.62. The van der Waals surface area contributed by atoms with E-state index in [0.29, 0.717) is 13.2 Å². The van der Waals surface area contributed by atoms with Crippen molar-refractivity contribution in [2.45, 2.75) is 19.1 Å². The van der Waals surface area contributed by atoms with Crippen LogP contribution in [0.25, 0.3) is 0 Å². The predicted molar refractivity (Wildman–Crippen MR) is 85.8 cm³/mol. The van der Waals surface area contributed by atoms with Crippen molar-refractivity contribution < 1.29 is 9.53 Å². The topological polar surface area (TPSA) is 36.0 Å². The van der Waals surface area contributed by atoms with E-state index in [2.05, 4.69) is 30.1 Å². The first-order valence-corrected chi connectivity index (χ1v) is 8.00. The number of rotatable bonds is 2. The zero-order valence-electron chi connectivity index (χ0n) is 13.5. The summed E-state index contributed by atoms with van der Waals surface area (Å²) < 4.78 is 5.91. The Balaban J connectivity index is 1.54. The summed E-state index contributed by atoms with van der Waals surface area (Å²) in [5.74, 6) is 0. The molecule has 2 aliphatic heterocycles. The molecule has 0 bridgehead atoms. The maximum Gasteiger partial charge on any atom is 0.319 e. The molecule has 0 aliphatic carbocycles. The molecule has 0 saturated carbocycles. The molecule has 1 fully saturated rings. The van der Waals surface area contributed by atoms with Gasteiger partial charge < -0.3 is 19.4 Å². The maximum absolute atomic E-state index is 12.5. The van der Waals surface area contributed by atoms with Gasteiger partial charge in [-0.3, -0.25) is 0 Å². The fourth-order valence-electron chi connectivity index (χ4n) is 3.15. The summed E-state index contributed by atoms with van der Waals surface area (Å²) in [6.07, 6.45) is 0.979. The zero-order valence-corrected chi connectivity index (χ0v) is 13.5. The molecule has 0 spiro atoms.